The van der Waals surface area contributed by atoms with Gasteiger partial charge in [0.15, 0.2) is 0 Å². The Balaban J connectivity index is 0. The monoisotopic (exact) mass is 380 g/mol. The van der Waals surface area contributed by atoms with Gasteiger partial charge in [-0.05, 0) is 0 Å². The van der Waals surface area contributed by atoms with E-state index in [-0.39, 0.29) is 37.2 Å². The number of rotatable bonds is 4. The van der Waals surface area contributed by atoms with E-state index in [2.05, 4.69) is 76.8 Å². The van der Waals surface area contributed by atoms with Crippen LogP contribution in [0.1, 0.15) is 20.3 Å². The molecule has 5 heteroatoms. The molecular formula is C15H19Cl3SiTi. The topological polar surface area (TPSA) is 0 Å². The van der Waals surface area contributed by atoms with E-state index in [0.29, 0.717) is 0 Å². The van der Waals surface area contributed by atoms with Gasteiger partial charge in [-0.1, -0.05) is 0 Å². The average molecular weight is 382 g/mol. The molecule has 0 saturated heterocycles. The molecule has 0 aromatic heterocycles. The van der Waals surface area contributed by atoms with Crippen LogP contribution in [-0.4, -0.2) is 8.07 Å². The van der Waals surface area contributed by atoms with Crippen LogP contribution in [0, 0.1) is 0 Å². The average Bonchev–Trinajstić information content (AvgIpc) is 2.80. The summed E-state index contributed by atoms with van der Waals surface area (Å²) < 4.78 is 1.60. The molecule has 0 saturated carbocycles. The zero-order chi connectivity index (χ0) is 12.3. The van der Waals surface area contributed by atoms with Crippen LogP contribution in [-0.2, 0) is 20.4 Å². The molecule has 1 aliphatic carbocycles. The maximum atomic E-state index is 2.40. The van der Waals surface area contributed by atoms with Gasteiger partial charge in [-0.2, -0.15) is 0 Å². The summed E-state index contributed by atoms with van der Waals surface area (Å²) in [6.07, 6.45) is 5.90. The number of hydrogen-bond donors (Lipinski definition) is 0. The Hall–Kier alpha value is 0.501. The summed E-state index contributed by atoms with van der Waals surface area (Å²) >= 11 is 2.31. The molecule has 1 aromatic carbocycles. The zero-order valence-electron chi connectivity index (χ0n) is 11.8. The molecule has 0 unspecified atom stereocenters. The number of halogens is 3. The van der Waals surface area contributed by atoms with E-state index in [0.717, 1.165) is 6.42 Å². The Kier molecular flexibility index (Phi) is 11.7. The minimum Gasteiger partial charge on any atom is -1.00 e. The van der Waals surface area contributed by atoms with Crippen LogP contribution in [0.2, 0.25) is 12.1 Å². The van der Waals surface area contributed by atoms with E-state index >= 15 is 0 Å². The fourth-order valence-electron chi connectivity index (χ4n) is 2.91. The van der Waals surface area contributed by atoms with Gasteiger partial charge < -0.3 is 37.2 Å². The standard InChI is InChI=1S/C15H19Si.3ClH.Ti/c1-3-16(4-2,15-12-8-9-13-15)14-10-6-5-7-11-14;;;;/h5-8,10-12H,3-4,9H2,1-2H3;3*1H;/q;;;;+3/p-3. The first-order chi connectivity index (χ1) is 8.24. The molecule has 0 spiro atoms. The minimum atomic E-state index is -1.46. The van der Waals surface area contributed by atoms with Crippen molar-refractivity contribution in [2.45, 2.75) is 32.4 Å². The van der Waals surface area contributed by atoms with E-state index < -0.39 is 8.07 Å². The second-order valence-corrected chi connectivity index (χ2v) is 10.3. The molecule has 1 aliphatic rings. The molecule has 0 aliphatic heterocycles. The fraction of sp³-hybridized carbons (Fsp3) is 0.333. The SMILES string of the molecule is CC[Si](CC)(C1=[C]([Ti+3])CC=C1)c1ccccc1.[Cl-].[Cl-].[Cl-]. The molecule has 20 heavy (non-hydrogen) atoms. The first-order valence-corrected chi connectivity index (χ1v) is 9.61. The first kappa shape index (κ1) is 22.8. The Morgan fingerprint density at radius 1 is 1.00 bits per heavy atom. The Bertz CT molecular complexity index is 453. The van der Waals surface area contributed by atoms with Crippen molar-refractivity contribution in [3.63, 3.8) is 0 Å². The molecule has 0 atom stereocenters. The van der Waals surface area contributed by atoms with Gasteiger partial charge in [-0.15, -0.1) is 0 Å². The summed E-state index contributed by atoms with van der Waals surface area (Å²) in [7, 11) is -1.46. The summed E-state index contributed by atoms with van der Waals surface area (Å²) in [6.45, 7) is 4.74. The smallest absolute Gasteiger partial charge is 1.00 e. The van der Waals surface area contributed by atoms with Crippen molar-refractivity contribution >= 4 is 13.3 Å². The van der Waals surface area contributed by atoms with Gasteiger partial charge in [0.2, 0.25) is 0 Å². The van der Waals surface area contributed by atoms with Crippen molar-refractivity contribution in [1.82, 2.24) is 0 Å². The van der Waals surface area contributed by atoms with Crippen molar-refractivity contribution in [2.75, 3.05) is 0 Å². The van der Waals surface area contributed by atoms with Gasteiger partial charge in [0.25, 0.3) is 0 Å². The molecule has 108 valence electrons. The predicted octanol–water partition coefficient (Wildman–Crippen LogP) is -5.31. The molecule has 0 fully saturated rings. The molecule has 1 aromatic rings. The van der Waals surface area contributed by atoms with Gasteiger partial charge in [-0.25, -0.2) is 0 Å². The maximum Gasteiger partial charge on any atom is -1.00 e. The Morgan fingerprint density at radius 2 is 1.55 bits per heavy atom. The molecule has 2 rings (SSSR count). The third-order valence-corrected chi connectivity index (χ3v) is 10.5. The molecule has 0 radical (unpaired) electrons. The van der Waals surface area contributed by atoms with Crippen LogP contribution in [0.5, 0.6) is 0 Å². The summed E-state index contributed by atoms with van der Waals surface area (Å²) in [6, 6.07) is 13.8. The van der Waals surface area contributed by atoms with Crippen molar-refractivity contribution in [3.8, 4) is 0 Å². The molecular weight excluding hydrogens is 362 g/mol. The number of benzene rings is 1. The zero-order valence-corrected chi connectivity index (χ0v) is 16.6. The Labute approximate surface area is 154 Å². The van der Waals surface area contributed by atoms with Crippen molar-refractivity contribution in [3.05, 3.63) is 51.6 Å². The number of hydrogen-bond acceptors (Lipinski definition) is 0. The van der Waals surface area contributed by atoms with E-state index in [1.54, 1.807) is 14.3 Å². The number of allylic oxidation sites excluding steroid dienone is 4. The van der Waals surface area contributed by atoms with Gasteiger partial charge in [0.1, 0.15) is 0 Å². The molecule has 0 bridgehead atoms. The van der Waals surface area contributed by atoms with Gasteiger partial charge in [0.05, 0.1) is 0 Å². The van der Waals surface area contributed by atoms with Crippen LogP contribution in [0.3, 0.4) is 0 Å². The minimum absolute atomic E-state index is 0. The van der Waals surface area contributed by atoms with Crippen LogP contribution >= 0.6 is 0 Å². The largest absolute Gasteiger partial charge is 1.00 e. The summed E-state index contributed by atoms with van der Waals surface area (Å²) in [4.78, 5) is 0. The van der Waals surface area contributed by atoms with Crippen molar-refractivity contribution in [1.29, 1.82) is 0 Å². The van der Waals surface area contributed by atoms with Gasteiger partial charge in [-0.3, -0.25) is 0 Å². The summed E-state index contributed by atoms with van der Waals surface area (Å²) in [5, 5.41) is 3.29. The molecule has 0 heterocycles. The van der Waals surface area contributed by atoms with E-state index in [1.165, 1.54) is 12.1 Å². The Morgan fingerprint density at radius 3 is 1.95 bits per heavy atom. The molecule has 0 nitrogen and oxygen atoms in total. The summed E-state index contributed by atoms with van der Waals surface area (Å²) in [5.74, 6) is 0. The second-order valence-electron chi connectivity index (χ2n) is 4.65. The third-order valence-electron chi connectivity index (χ3n) is 3.98. The van der Waals surface area contributed by atoms with E-state index in [4.69, 9.17) is 0 Å². The summed E-state index contributed by atoms with van der Waals surface area (Å²) in [5.41, 5.74) is 0. The van der Waals surface area contributed by atoms with Crippen molar-refractivity contribution < 1.29 is 57.7 Å². The molecule has 0 amide bonds. The van der Waals surface area contributed by atoms with Crippen molar-refractivity contribution in [2.24, 2.45) is 0 Å². The quantitative estimate of drug-likeness (QED) is 0.457. The third kappa shape index (κ3) is 4.25. The van der Waals surface area contributed by atoms with Crippen LogP contribution in [0.15, 0.2) is 51.6 Å². The van der Waals surface area contributed by atoms with Gasteiger partial charge in [0, 0.05) is 0 Å². The fourth-order valence-corrected chi connectivity index (χ4v) is 8.68. The second kappa shape index (κ2) is 10.3. The van der Waals surface area contributed by atoms with Gasteiger partial charge >= 0.3 is 118 Å². The molecule has 0 N–H and O–H groups in total. The van der Waals surface area contributed by atoms with Crippen LogP contribution in [0.25, 0.3) is 0 Å². The first-order valence-electron chi connectivity index (χ1n) is 6.42. The maximum absolute atomic E-state index is 2.40. The predicted molar refractivity (Wildman–Crippen MR) is 73.6 cm³/mol. The normalized spacial score (nSPS) is 13.4. The van der Waals surface area contributed by atoms with Crippen LogP contribution in [0.4, 0.5) is 0 Å². The van der Waals surface area contributed by atoms with E-state index in [9.17, 15) is 0 Å². The van der Waals surface area contributed by atoms with E-state index in [1.807, 2.05) is 0 Å². The van der Waals surface area contributed by atoms with Crippen LogP contribution < -0.4 is 42.4 Å².